The van der Waals surface area contributed by atoms with Crippen LogP contribution in [-0.2, 0) is 9.84 Å². The predicted molar refractivity (Wildman–Crippen MR) is 42.0 cm³/mol. The molecule has 0 aromatic carbocycles. The van der Waals surface area contributed by atoms with Gasteiger partial charge in [-0.25, -0.2) is 8.42 Å². The topological polar surface area (TPSA) is 72.5 Å². The largest absolute Gasteiger partial charge is 0.403 e. The molecule has 0 aliphatic heterocycles. The molecule has 78 valence electrons. The predicted octanol–water partition coefficient (Wildman–Crippen LogP) is 0.298. The summed E-state index contributed by atoms with van der Waals surface area (Å²) in [4.78, 5) is 3.19. The summed E-state index contributed by atoms with van der Waals surface area (Å²) in [6.07, 6.45) is -4.79. The van der Waals surface area contributed by atoms with Gasteiger partial charge in [0.05, 0.1) is 0 Å². The zero-order chi connectivity index (χ0) is 10.7. The lowest BCUT2D eigenvalue weighted by Gasteiger charge is -2.06. The van der Waals surface area contributed by atoms with E-state index in [0.29, 0.717) is 0 Å². The van der Waals surface area contributed by atoms with Gasteiger partial charge in [0, 0.05) is 6.54 Å². The molecule has 0 fully saturated rings. The van der Waals surface area contributed by atoms with Gasteiger partial charge >= 0.3 is 6.18 Å². The van der Waals surface area contributed by atoms with Crippen LogP contribution in [0.4, 0.5) is 13.2 Å². The third-order valence-corrected chi connectivity index (χ3v) is 2.46. The molecule has 2 N–H and O–H groups in total. The normalized spacial score (nSPS) is 14.6. The molecule has 0 aliphatic rings. The molecule has 0 saturated carbocycles. The Bertz CT molecular complexity index is 293. The molecular formula is C5H9F3N2O2S. The number of hydrogen-bond donors (Lipinski definition) is 1. The van der Waals surface area contributed by atoms with Crippen LogP contribution in [0.25, 0.3) is 0 Å². The first kappa shape index (κ1) is 12.2. The van der Waals surface area contributed by atoms with Crippen LogP contribution >= 0.6 is 0 Å². The first-order valence-corrected chi connectivity index (χ1v) is 4.93. The van der Waals surface area contributed by atoms with Crippen LogP contribution < -0.4 is 5.73 Å². The molecule has 0 amide bonds. The van der Waals surface area contributed by atoms with Crippen LogP contribution in [0, 0.1) is 0 Å². The Hall–Kier alpha value is -0.790. The third-order valence-electron chi connectivity index (χ3n) is 0.986. The Morgan fingerprint density at radius 1 is 1.46 bits per heavy atom. The van der Waals surface area contributed by atoms with E-state index in [1.807, 2.05) is 0 Å². The van der Waals surface area contributed by atoms with Crippen molar-refractivity contribution in [2.75, 3.05) is 12.3 Å². The zero-order valence-electron chi connectivity index (χ0n) is 6.80. The van der Waals surface area contributed by atoms with Gasteiger partial charge < -0.3 is 5.73 Å². The Morgan fingerprint density at radius 2 is 1.92 bits per heavy atom. The highest BCUT2D eigenvalue weighted by Crippen LogP contribution is 2.17. The van der Waals surface area contributed by atoms with Gasteiger partial charge in [-0.15, -0.1) is 0 Å². The molecule has 0 radical (unpaired) electrons. The molecule has 0 heterocycles. The van der Waals surface area contributed by atoms with E-state index >= 15 is 0 Å². The first-order chi connectivity index (χ1) is 5.69. The molecular weight excluding hydrogens is 209 g/mol. The maximum absolute atomic E-state index is 11.7. The molecule has 0 rings (SSSR count). The zero-order valence-corrected chi connectivity index (χ0v) is 7.61. The summed E-state index contributed by atoms with van der Waals surface area (Å²) < 4.78 is 56.5. The minimum absolute atomic E-state index is 0.0307. The summed E-state index contributed by atoms with van der Waals surface area (Å²) in [7, 11) is -4.48. The summed E-state index contributed by atoms with van der Waals surface area (Å²) in [5, 5.41) is -0.965. The quantitative estimate of drug-likeness (QED) is 0.535. The van der Waals surface area contributed by atoms with E-state index < -0.39 is 26.9 Å². The fraction of sp³-hybridized carbons (Fsp3) is 0.800. The molecule has 13 heavy (non-hydrogen) atoms. The molecule has 0 spiro atoms. The third kappa shape index (κ3) is 4.71. The van der Waals surface area contributed by atoms with Crippen molar-refractivity contribution in [3.63, 3.8) is 0 Å². The summed E-state index contributed by atoms with van der Waals surface area (Å²) in [6.45, 7) is 1.50. The second-order valence-corrected chi connectivity index (χ2v) is 4.12. The van der Waals surface area contributed by atoms with Crippen LogP contribution in [0.2, 0.25) is 0 Å². The smallest absolute Gasteiger partial charge is 0.374 e. The molecule has 0 atom stereocenters. The van der Waals surface area contributed by atoms with Gasteiger partial charge in [0.15, 0.2) is 5.75 Å². The highest BCUT2D eigenvalue weighted by Gasteiger charge is 2.36. The fourth-order valence-corrected chi connectivity index (χ4v) is 1.45. The minimum Gasteiger partial charge on any atom is -0.374 e. The number of alkyl halides is 3. The van der Waals surface area contributed by atoms with Crippen molar-refractivity contribution < 1.29 is 21.6 Å². The van der Waals surface area contributed by atoms with E-state index in [2.05, 4.69) is 4.99 Å². The van der Waals surface area contributed by atoms with Crippen molar-refractivity contribution in [1.29, 1.82) is 0 Å². The molecule has 0 saturated heterocycles. The molecule has 0 bridgehead atoms. The number of aliphatic imine (C=N–C) groups is 1. The van der Waals surface area contributed by atoms with Crippen molar-refractivity contribution in [1.82, 2.24) is 0 Å². The minimum atomic E-state index is -4.79. The van der Waals surface area contributed by atoms with Crippen molar-refractivity contribution >= 4 is 15.0 Å². The molecule has 0 unspecified atom stereocenters. The summed E-state index contributed by atoms with van der Waals surface area (Å²) in [6, 6.07) is 0. The second-order valence-electron chi connectivity index (χ2n) is 2.19. The number of nitrogens with zero attached hydrogens (tertiary/aromatic N) is 1. The second kappa shape index (κ2) is 3.95. The molecule has 0 aromatic rings. The maximum Gasteiger partial charge on any atom is 0.403 e. The Balaban J connectivity index is 4.71. The Labute approximate surface area is 73.6 Å². The number of amidine groups is 1. The van der Waals surface area contributed by atoms with E-state index in [-0.39, 0.29) is 6.54 Å². The first-order valence-electron chi connectivity index (χ1n) is 3.28. The summed E-state index contributed by atoms with van der Waals surface area (Å²) in [5.41, 5.74) is 4.83. The lowest BCUT2D eigenvalue weighted by Crippen LogP contribution is -2.33. The monoisotopic (exact) mass is 218 g/mol. The highest BCUT2D eigenvalue weighted by atomic mass is 32.2. The van der Waals surface area contributed by atoms with E-state index in [1.54, 1.807) is 0 Å². The Kier molecular flexibility index (Phi) is 3.71. The van der Waals surface area contributed by atoms with Gasteiger partial charge in [-0.05, 0) is 6.92 Å². The van der Waals surface area contributed by atoms with E-state index in [0.717, 1.165) is 0 Å². The number of hydrogen-bond acceptors (Lipinski definition) is 3. The number of nitrogens with two attached hydrogens (primary N) is 1. The van der Waals surface area contributed by atoms with Crippen LogP contribution in [0.1, 0.15) is 6.92 Å². The van der Waals surface area contributed by atoms with E-state index in [9.17, 15) is 21.6 Å². The van der Waals surface area contributed by atoms with E-state index in [4.69, 9.17) is 5.73 Å². The molecule has 0 aromatic heterocycles. The maximum atomic E-state index is 11.7. The van der Waals surface area contributed by atoms with Crippen LogP contribution in [0.3, 0.4) is 0 Å². The average Bonchev–Trinajstić information content (AvgIpc) is 1.82. The van der Waals surface area contributed by atoms with Crippen LogP contribution in [0.15, 0.2) is 4.99 Å². The van der Waals surface area contributed by atoms with Gasteiger partial charge in [0.2, 0.25) is 15.0 Å². The van der Waals surface area contributed by atoms with Crippen molar-refractivity contribution in [3.8, 4) is 0 Å². The van der Waals surface area contributed by atoms with Crippen molar-refractivity contribution in [3.05, 3.63) is 0 Å². The van der Waals surface area contributed by atoms with Gasteiger partial charge in [0.1, 0.15) is 0 Å². The summed E-state index contributed by atoms with van der Waals surface area (Å²) >= 11 is 0. The highest BCUT2D eigenvalue weighted by molar-refractivity contribution is 8.06. The number of halogens is 3. The van der Waals surface area contributed by atoms with Crippen LogP contribution in [-0.4, -0.2) is 32.1 Å². The average molecular weight is 218 g/mol. The van der Waals surface area contributed by atoms with Gasteiger partial charge in [-0.2, -0.15) is 13.2 Å². The van der Waals surface area contributed by atoms with Crippen LogP contribution in [0.5, 0.6) is 0 Å². The Morgan fingerprint density at radius 3 is 2.23 bits per heavy atom. The standard InChI is InChI=1S/C5H9F3N2O2S/c1-2-10-4(9)13(11,12)3-5(6,7)8/h2-3H2,1H3,(H2,9,10). The lowest BCUT2D eigenvalue weighted by atomic mass is 10.8. The fourth-order valence-electron chi connectivity index (χ4n) is 0.544. The molecule has 4 nitrogen and oxygen atoms in total. The number of sulfone groups is 1. The lowest BCUT2D eigenvalue weighted by molar-refractivity contribution is -0.106. The van der Waals surface area contributed by atoms with E-state index in [1.165, 1.54) is 6.92 Å². The number of rotatable bonds is 2. The van der Waals surface area contributed by atoms with Gasteiger partial charge in [0.25, 0.3) is 0 Å². The van der Waals surface area contributed by atoms with Crippen molar-refractivity contribution in [2.24, 2.45) is 10.7 Å². The van der Waals surface area contributed by atoms with Gasteiger partial charge in [-0.1, -0.05) is 0 Å². The molecule has 8 heteroatoms. The summed E-state index contributed by atoms with van der Waals surface area (Å²) in [5.74, 6) is -1.96. The SMILES string of the molecule is CCN=C(N)S(=O)(=O)CC(F)(F)F. The van der Waals surface area contributed by atoms with Crippen molar-refractivity contribution in [2.45, 2.75) is 13.1 Å². The molecule has 0 aliphatic carbocycles. The van der Waals surface area contributed by atoms with Gasteiger partial charge in [-0.3, -0.25) is 4.99 Å².